The Labute approximate surface area is 162 Å². The highest BCUT2D eigenvalue weighted by Gasteiger charge is 2.22. The van der Waals surface area contributed by atoms with Crippen LogP contribution in [0.2, 0.25) is 0 Å². The van der Waals surface area contributed by atoms with E-state index in [4.69, 9.17) is 4.98 Å². The molecule has 1 aliphatic rings. The number of anilines is 1. The van der Waals surface area contributed by atoms with E-state index in [1.807, 2.05) is 46.7 Å². The van der Waals surface area contributed by atoms with Crippen molar-refractivity contribution in [2.24, 2.45) is 0 Å². The Hall–Kier alpha value is -2.73. The Morgan fingerprint density at radius 1 is 0.926 bits per heavy atom. The monoisotopic (exact) mass is 379 g/mol. The molecule has 1 aromatic carbocycles. The lowest BCUT2D eigenvalue weighted by atomic mass is 10.1. The van der Waals surface area contributed by atoms with Gasteiger partial charge in [-0.2, -0.15) is 0 Å². The minimum atomic E-state index is 0.0531. The molecule has 1 amide bonds. The van der Waals surface area contributed by atoms with E-state index < -0.39 is 0 Å². The number of Topliss-reactive ketones (excluding diaryl/α,β-unsaturated/α-hetero) is 1. The average molecular weight is 379 g/mol. The summed E-state index contributed by atoms with van der Waals surface area (Å²) in [5, 5.41) is 3.01. The summed E-state index contributed by atoms with van der Waals surface area (Å²) in [6.45, 7) is 2.85. The summed E-state index contributed by atoms with van der Waals surface area (Å²) in [4.78, 5) is 34.0. The van der Waals surface area contributed by atoms with Crippen LogP contribution in [0.3, 0.4) is 0 Å². The molecule has 0 unspecified atom stereocenters. The molecule has 0 aliphatic carbocycles. The molecule has 0 radical (unpaired) electrons. The van der Waals surface area contributed by atoms with Gasteiger partial charge in [0.15, 0.2) is 5.78 Å². The van der Waals surface area contributed by atoms with Gasteiger partial charge in [-0.25, -0.2) is 4.98 Å². The summed E-state index contributed by atoms with van der Waals surface area (Å²) in [5.41, 5.74) is 0.987. The van der Waals surface area contributed by atoms with Gasteiger partial charge in [-0.1, -0.05) is 24.3 Å². The number of rotatable bonds is 5. The average Bonchev–Trinajstić information content (AvgIpc) is 3.26. The quantitative estimate of drug-likeness (QED) is 0.636. The zero-order chi connectivity index (χ0) is 18.6. The molecule has 3 aromatic rings. The number of para-hydroxylation sites is 1. The Bertz CT molecular complexity index is 947. The number of benzene rings is 1. The number of nitrogens with zero attached hydrogens (tertiary/aromatic N) is 3. The molecule has 2 aromatic heterocycles. The van der Waals surface area contributed by atoms with Crippen LogP contribution >= 0.6 is 11.3 Å². The van der Waals surface area contributed by atoms with Gasteiger partial charge in [-0.15, -0.1) is 11.3 Å². The van der Waals surface area contributed by atoms with Gasteiger partial charge in [0.05, 0.1) is 10.4 Å². The summed E-state index contributed by atoms with van der Waals surface area (Å²) in [6, 6.07) is 15.9. The minimum Gasteiger partial charge on any atom is -0.353 e. The number of pyridine rings is 1. The van der Waals surface area contributed by atoms with Crippen molar-refractivity contribution in [1.29, 1.82) is 0 Å². The molecular formula is C21H21N3O2S. The van der Waals surface area contributed by atoms with Crippen LogP contribution in [-0.4, -0.2) is 47.8 Å². The van der Waals surface area contributed by atoms with Gasteiger partial charge < -0.3 is 9.80 Å². The lowest BCUT2D eigenvalue weighted by Crippen LogP contribution is -2.49. The second-order valence-corrected chi connectivity index (χ2v) is 7.58. The van der Waals surface area contributed by atoms with Crippen LogP contribution in [0.25, 0.3) is 10.9 Å². The van der Waals surface area contributed by atoms with Crippen LogP contribution in [0.4, 0.5) is 5.82 Å². The van der Waals surface area contributed by atoms with Gasteiger partial charge in [0.25, 0.3) is 0 Å². The van der Waals surface area contributed by atoms with E-state index in [2.05, 4.69) is 17.0 Å². The molecule has 1 aliphatic heterocycles. The van der Waals surface area contributed by atoms with Crippen LogP contribution in [0.15, 0.2) is 53.9 Å². The van der Waals surface area contributed by atoms with E-state index in [9.17, 15) is 9.59 Å². The van der Waals surface area contributed by atoms with Crippen molar-refractivity contribution in [2.45, 2.75) is 12.8 Å². The van der Waals surface area contributed by atoms with E-state index in [0.29, 0.717) is 13.1 Å². The fraction of sp³-hybridized carbons (Fsp3) is 0.286. The molecule has 27 heavy (non-hydrogen) atoms. The minimum absolute atomic E-state index is 0.0531. The Morgan fingerprint density at radius 3 is 2.52 bits per heavy atom. The molecule has 4 rings (SSSR count). The summed E-state index contributed by atoms with van der Waals surface area (Å²) >= 11 is 1.43. The maximum absolute atomic E-state index is 12.4. The van der Waals surface area contributed by atoms with Gasteiger partial charge >= 0.3 is 0 Å². The molecule has 3 heterocycles. The topological polar surface area (TPSA) is 53.5 Å². The number of hydrogen-bond donors (Lipinski definition) is 0. The Kier molecular flexibility index (Phi) is 5.16. The first-order valence-electron chi connectivity index (χ1n) is 9.16. The third-order valence-corrected chi connectivity index (χ3v) is 5.81. The number of carbonyl (C=O) groups excluding carboxylic acids is 2. The van der Waals surface area contributed by atoms with E-state index >= 15 is 0 Å². The van der Waals surface area contributed by atoms with Gasteiger partial charge in [0, 0.05) is 44.4 Å². The fourth-order valence-corrected chi connectivity index (χ4v) is 4.05. The standard InChI is InChI=1S/C21H21N3O2S/c25-18(19-6-3-15-27-19)8-10-21(26)24-13-11-23(12-14-24)20-9-7-16-4-1-2-5-17(16)22-20/h1-7,9,15H,8,10-14H2. The van der Waals surface area contributed by atoms with Crippen molar-refractivity contribution in [3.05, 3.63) is 58.8 Å². The van der Waals surface area contributed by atoms with Crippen molar-refractivity contribution in [2.75, 3.05) is 31.1 Å². The number of amides is 1. The van der Waals surface area contributed by atoms with Crippen LogP contribution in [-0.2, 0) is 4.79 Å². The lowest BCUT2D eigenvalue weighted by molar-refractivity contribution is -0.131. The predicted molar refractivity (Wildman–Crippen MR) is 108 cm³/mol. The first-order valence-corrected chi connectivity index (χ1v) is 10.0. The number of thiophene rings is 1. The largest absolute Gasteiger partial charge is 0.353 e. The molecule has 138 valence electrons. The van der Waals surface area contributed by atoms with Crippen molar-refractivity contribution < 1.29 is 9.59 Å². The van der Waals surface area contributed by atoms with Crippen molar-refractivity contribution in [1.82, 2.24) is 9.88 Å². The highest BCUT2D eigenvalue weighted by molar-refractivity contribution is 7.12. The molecule has 1 saturated heterocycles. The molecule has 0 saturated carbocycles. The Balaban J connectivity index is 1.31. The van der Waals surface area contributed by atoms with Crippen LogP contribution in [0, 0.1) is 0 Å². The summed E-state index contributed by atoms with van der Waals surface area (Å²) in [5.74, 6) is 1.07. The molecule has 6 heteroatoms. The Morgan fingerprint density at radius 2 is 1.74 bits per heavy atom. The molecule has 0 spiro atoms. The van der Waals surface area contributed by atoms with Crippen molar-refractivity contribution in [3.8, 4) is 0 Å². The maximum atomic E-state index is 12.4. The van der Waals surface area contributed by atoms with E-state index in [1.165, 1.54) is 11.3 Å². The zero-order valence-electron chi connectivity index (χ0n) is 15.0. The highest BCUT2D eigenvalue weighted by atomic mass is 32.1. The number of piperazine rings is 1. The molecular weight excluding hydrogens is 358 g/mol. The number of hydrogen-bond acceptors (Lipinski definition) is 5. The van der Waals surface area contributed by atoms with Crippen LogP contribution in [0.5, 0.6) is 0 Å². The molecule has 5 nitrogen and oxygen atoms in total. The number of aromatic nitrogens is 1. The first-order chi connectivity index (χ1) is 13.2. The first kappa shape index (κ1) is 17.7. The molecule has 0 atom stereocenters. The van der Waals surface area contributed by atoms with Crippen LogP contribution in [0.1, 0.15) is 22.5 Å². The number of carbonyl (C=O) groups is 2. The lowest BCUT2D eigenvalue weighted by Gasteiger charge is -2.35. The van der Waals surface area contributed by atoms with Crippen LogP contribution < -0.4 is 4.90 Å². The summed E-state index contributed by atoms with van der Waals surface area (Å²) in [6.07, 6.45) is 0.566. The zero-order valence-corrected chi connectivity index (χ0v) is 15.8. The summed E-state index contributed by atoms with van der Waals surface area (Å²) in [7, 11) is 0. The van der Waals surface area contributed by atoms with Gasteiger partial charge in [0.2, 0.25) is 5.91 Å². The second-order valence-electron chi connectivity index (χ2n) is 6.63. The van der Waals surface area contributed by atoms with Gasteiger partial charge in [0.1, 0.15) is 5.82 Å². The second kappa shape index (κ2) is 7.88. The van der Waals surface area contributed by atoms with E-state index in [0.717, 1.165) is 34.7 Å². The van der Waals surface area contributed by atoms with Gasteiger partial charge in [-0.3, -0.25) is 9.59 Å². The highest BCUT2D eigenvalue weighted by Crippen LogP contribution is 2.20. The van der Waals surface area contributed by atoms with E-state index in [1.54, 1.807) is 0 Å². The number of ketones is 1. The smallest absolute Gasteiger partial charge is 0.223 e. The predicted octanol–water partition coefficient (Wildman–Crippen LogP) is 3.61. The molecule has 1 fully saturated rings. The third-order valence-electron chi connectivity index (χ3n) is 4.90. The van der Waals surface area contributed by atoms with Crippen molar-refractivity contribution >= 4 is 39.7 Å². The summed E-state index contributed by atoms with van der Waals surface area (Å²) < 4.78 is 0. The maximum Gasteiger partial charge on any atom is 0.223 e. The number of fused-ring (bicyclic) bond motifs is 1. The van der Waals surface area contributed by atoms with Crippen molar-refractivity contribution in [3.63, 3.8) is 0 Å². The molecule has 0 bridgehead atoms. The normalized spacial score (nSPS) is 14.5. The molecule has 0 N–H and O–H groups in total. The van der Waals surface area contributed by atoms with Gasteiger partial charge in [-0.05, 0) is 29.6 Å². The van der Waals surface area contributed by atoms with E-state index in [-0.39, 0.29) is 24.5 Å². The SMILES string of the molecule is O=C(CCC(=O)N1CCN(c2ccc3ccccc3n2)CC1)c1cccs1. The third kappa shape index (κ3) is 4.01. The fourth-order valence-electron chi connectivity index (χ4n) is 3.36.